The zero-order chi connectivity index (χ0) is 16.8. The van der Waals surface area contributed by atoms with Gasteiger partial charge >= 0.3 is 7.12 Å². The third-order valence-electron chi connectivity index (χ3n) is 5.33. The Morgan fingerprint density at radius 3 is 2.26 bits per heavy atom. The van der Waals surface area contributed by atoms with Crippen molar-refractivity contribution in [3.8, 4) is 0 Å². The maximum atomic E-state index is 6.41. The summed E-state index contributed by atoms with van der Waals surface area (Å²) in [6, 6.07) is 0. The Balaban J connectivity index is 1.78. The van der Waals surface area contributed by atoms with Crippen molar-refractivity contribution in [2.45, 2.75) is 58.7 Å². The summed E-state index contributed by atoms with van der Waals surface area (Å²) in [5.74, 6) is 1.47. The average Bonchev–Trinajstić information content (AvgIpc) is 2.68. The van der Waals surface area contributed by atoms with Crippen molar-refractivity contribution in [1.82, 2.24) is 9.97 Å². The van der Waals surface area contributed by atoms with Gasteiger partial charge in [-0.25, -0.2) is 9.97 Å². The predicted molar refractivity (Wildman–Crippen MR) is 93.4 cm³/mol. The van der Waals surface area contributed by atoms with E-state index in [4.69, 9.17) is 20.9 Å². The minimum absolute atomic E-state index is 0.400. The van der Waals surface area contributed by atoms with E-state index in [1.807, 2.05) is 27.7 Å². The SMILES string of the molecule is CC1CCN(c2ncc(B3OC(C)(C)C(C)(C)O3)c(Cl)n2)CC1. The zero-order valence-electron chi connectivity index (χ0n) is 14.6. The molecule has 0 aliphatic carbocycles. The summed E-state index contributed by atoms with van der Waals surface area (Å²) < 4.78 is 12.1. The summed E-state index contributed by atoms with van der Waals surface area (Å²) >= 11 is 6.41. The molecule has 5 nitrogen and oxygen atoms in total. The molecule has 126 valence electrons. The molecule has 1 aromatic heterocycles. The summed E-state index contributed by atoms with van der Waals surface area (Å²) in [5, 5.41) is 0.409. The Hall–Kier alpha value is -0.845. The van der Waals surface area contributed by atoms with E-state index >= 15 is 0 Å². The Kier molecular flexibility index (Phi) is 4.36. The molecule has 23 heavy (non-hydrogen) atoms. The second-order valence-corrected chi connectivity index (χ2v) is 8.03. The molecule has 0 N–H and O–H groups in total. The topological polar surface area (TPSA) is 47.5 Å². The minimum Gasteiger partial charge on any atom is -0.399 e. The second-order valence-electron chi connectivity index (χ2n) is 7.67. The first-order valence-electron chi connectivity index (χ1n) is 8.32. The lowest BCUT2D eigenvalue weighted by Gasteiger charge is -2.32. The monoisotopic (exact) mass is 337 g/mol. The van der Waals surface area contributed by atoms with Crippen LogP contribution in [0.1, 0.15) is 47.5 Å². The van der Waals surface area contributed by atoms with Crippen LogP contribution in [0.2, 0.25) is 5.15 Å². The fraction of sp³-hybridized carbons (Fsp3) is 0.750. The lowest BCUT2D eigenvalue weighted by Crippen LogP contribution is -2.41. The third-order valence-corrected chi connectivity index (χ3v) is 5.63. The quantitative estimate of drug-likeness (QED) is 0.613. The summed E-state index contributed by atoms with van der Waals surface area (Å²) in [4.78, 5) is 11.2. The van der Waals surface area contributed by atoms with Crippen LogP contribution >= 0.6 is 11.6 Å². The summed E-state index contributed by atoms with van der Waals surface area (Å²) in [5.41, 5.74) is -0.106. The fourth-order valence-electron chi connectivity index (χ4n) is 2.85. The molecule has 2 aliphatic rings. The van der Waals surface area contributed by atoms with Gasteiger partial charge in [0.25, 0.3) is 0 Å². The number of hydrogen-bond acceptors (Lipinski definition) is 5. The van der Waals surface area contributed by atoms with E-state index in [0.717, 1.165) is 19.0 Å². The number of halogens is 1. The number of aromatic nitrogens is 2. The highest BCUT2D eigenvalue weighted by atomic mass is 35.5. The number of rotatable bonds is 2. The van der Waals surface area contributed by atoms with Crippen molar-refractivity contribution in [3.63, 3.8) is 0 Å². The van der Waals surface area contributed by atoms with E-state index in [9.17, 15) is 0 Å². The maximum absolute atomic E-state index is 6.41. The predicted octanol–water partition coefficient (Wildman–Crippen LogP) is 2.67. The van der Waals surface area contributed by atoms with Crippen LogP contribution < -0.4 is 10.4 Å². The van der Waals surface area contributed by atoms with Crippen LogP contribution in [0.5, 0.6) is 0 Å². The van der Waals surface area contributed by atoms with Gasteiger partial charge in [-0.05, 0) is 46.5 Å². The molecule has 0 bridgehead atoms. The van der Waals surface area contributed by atoms with Gasteiger partial charge in [0.2, 0.25) is 5.95 Å². The first-order chi connectivity index (χ1) is 10.7. The molecular formula is C16H25BClN3O2. The number of anilines is 1. The molecule has 7 heteroatoms. The molecule has 0 spiro atoms. The first kappa shape index (κ1) is 17.0. The average molecular weight is 338 g/mol. The van der Waals surface area contributed by atoms with Crippen molar-refractivity contribution in [2.75, 3.05) is 18.0 Å². The van der Waals surface area contributed by atoms with Crippen LogP contribution in [-0.2, 0) is 9.31 Å². The Morgan fingerprint density at radius 1 is 1.17 bits per heavy atom. The molecule has 0 aromatic carbocycles. The standard InChI is InChI=1S/C16H25BClN3O2/c1-11-6-8-21(9-7-11)14-19-10-12(13(18)20-14)17-22-15(2,3)16(4,5)23-17/h10-11H,6-9H2,1-5H3. The van der Waals surface area contributed by atoms with E-state index in [-0.39, 0.29) is 0 Å². The van der Waals surface area contributed by atoms with E-state index < -0.39 is 18.3 Å². The maximum Gasteiger partial charge on any atom is 0.499 e. The number of piperidine rings is 1. The molecular weight excluding hydrogens is 312 g/mol. The van der Waals surface area contributed by atoms with Crippen LogP contribution in [-0.4, -0.2) is 41.4 Å². The van der Waals surface area contributed by atoms with Crippen LogP contribution in [0.4, 0.5) is 5.95 Å². The Labute approximate surface area is 143 Å². The highest BCUT2D eigenvalue weighted by Gasteiger charge is 2.52. The number of nitrogens with zero attached hydrogens (tertiary/aromatic N) is 3. The van der Waals surface area contributed by atoms with Gasteiger partial charge in [-0.3, -0.25) is 0 Å². The zero-order valence-corrected chi connectivity index (χ0v) is 15.4. The lowest BCUT2D eigenvalue weighted by atomic mass is 9.81. The molecule has 0 atom stereocenters. The Morgan fingerprint density at radius 2 is 1.74 bits per heavy atom. The van der Waals surface area contributed by atoms with Crippen LogP contribution in [0, 0.1) is 5.92 Å². The molecule has 0 saturated carbocycles. The van der Waals surface area contributed by atoms with Crippen molar-refractivity contribution >= 4 is 30.1 Å². The summed E-state index contributed by atoms with van der Waals surface area (Å²) in [6.07, 6.45) is 4.07. The van der Waals surface area contributed by atoms with Crippen molar-refractivity contribution in [1.29, 1.82) is 0 Å². The normalized spacial score (nSPS) is 24.3. The van der Waals surface area contributed by atoms with E-state index in [1.54, 1.807) is 6.20 Å². The van der Waals surface area contributed by atoms with Gasteiger partial charge in [-0.2, -0.15) is 0 Å². The highest BCUT2D eigenvalue weighted by Crippen LogP contribution is 2.36. The molecule has 0 unspecified atom stereocenters. The van der Waals surface area contributed by atoms with Crippen molar-refractivity contribution in [3.05, 3.63) is 11.3 Å². The second kappa shape index (κ2) is 5.90. The van der Waals surface area contributed by atoms with Gasteiger partial charge in [-0.15, -0.1) is 0 Å². The van der Waals surface area contributed by atoms with E-state index in [2.05, 4.69) is 21.8 Å². The molecule has 1 aromatic rings. The summed E-state index contributed by atoms with van der Waals surface area (Å²) in [6.45, 7) is 12.3. The minimum atomic E-state index is -0.525. The largest absolute Gasteiger partial charge is 0.499 e. The van der Waals surface area contributed by atoms with Gasteiger partial charge in [0, 0.05) is 24.7 Å². The fourth-order valence-corrected chi connectivity index (χ4v) is 3.06. The van der Waals surface area contributed by atoms with E-state index in [0.29, 0.717) is 16.6 Å². The molecule has 2 aliphatic heterocycles. The molecule has 0 radical (unpaired) electrons. The van der Waals surface area contributed by atoms with Crippen LogP contribution in [0.25, 0.3) is 0 Å². The van der Waals surface area contributed by atoms with Gasteiger partial charge < -0.3 is 14.2 Å². The molecule has 3 heterocycles. The van der Waals surface area contributed by atoms with Gasteiger partial charge in [0.15, 0.2) is 0 Å². The van der Waals surface area contributed by atoms with Crippen LogP contribution in [0.3, 0.4) is 0 Å². The van der Waals surface area contributed by atoms with Gasteiger partial charge in [0.1, 0.15) is 5.15 Å². The third kappa shape index (κ3) is 3.21. The molecule has 3 rings (SSSR count). The smallest absolute Gasteiger partial charge is 0.399 e. The van der Waals surface area contributed by atoms with Gasteiger partial charge in [-0.1, -0.05) is 18.5 Å². The van der Waals surface area contributed by atoms with Crippen molar-refractivity contribution in [2.24, 2.45) is 5.92 Å². The molecule has 0 amide bonds. The highest BCUT2D eigenvalue weighted by molar-refractivity contribution is 6.65. The van der Waals surface area contributed by atoms with Gasteiger partial charge in [0.05, 0.1) is 11.2 Å². The molecule has 2 fully saturated rings. The van der Waals surface area contributed by atoms with Crippen molar-refractivity contribution < 1.29 is 9.31 Å². The van der Waals surface area contributed by atoms with Crippen LogP contribution in [0.15, 0.2) is 6.20 Å². The summed E-state index contributed by atoms with van der Waals surface area (Å²) in [7, 11) is -0.525. The lowest BCUT2D eigenvalue weighted by molar-refractivity contribution is 0.00578. The van der Waals surface area contributed by atoms with E-state index in [1.165, 1.54) is 12.8 Å². The molecule has 2 saturated heterocycles. The first-order valence-corrected chi connectivity index (χ1v) is 8.70. The Bertz CT molecular complexity index is 573. The number of hydrogen-bond donors (Lipinski definition) is 0.